The number of hydrogen-bond donors (Lipinski definition) is 2. The molecule has 0 spiro atoms. The second kappa shape index (κ2) is 4.42. The van der Waals surface area contributed by atoms with Crippen LogP contribution in [0.25, 0.3) is 0 Å². The van der Waals surface area contributed by atoms with Crippen LogP contribution in [0.3, 0.4) is 0 Å². The van der Waals surface area contributed by atoms with Gasteiger partial charge in [-0.3, -0.25) is 4.79 Å². The number of amides is 1. The van der Waals surface area contributed by atoms with Gasteiger partial charge in [0.2, 0.25) is 5.91 Å². The molecule has 3 N–H and O–H groups in total. The smallest absolute Gasteiger partial charge is 0.216 e. The fourth-order valence-corrected chi connectivity index (χ4v) is 1.24. The first kappa shape index (κ1) is 9.48. The highest BCUT2D eigenvalue weighted by molar-refractivity contribution is 5.72. The summed E-state index contributed by atoms with van der Waals surface area (Å²) in [7, 11) is 0. The van der Waals surface area contributed by atoms with Crippen LogP contribution >= 0.6 is 0 Å². The van der Waals surface area contributed by atoms with Crippen molar-refractivity contribution in [1.82, 2.24) is 5.32 Å². The number of rotatable bonds is 2. The summed E-state index contributed by atoms with van der Waals surface area (Å²) >= 11 is 0. The second-order valence-electron chi connectivity index (χ2n) is 3.23. The van der Waals surface area contributed by atoms with E-state index < -0.39 is 0 Å². The molecule has 4 heteroatoms. The Bertz CT molecular complexity index is 153. The van der Waals surface area contributed by atoms with Crippen LogP contribution in [0.1, 0.15) is 19.8 Å². The Hall–Kier alpha value is -0.610. The molecule has 2 atom stereocenters. The highest BCUT2D eigenvalue weighted by atomic mass is 16.5. The maximum atomic E-state index is 10.6. The molecule has 0 radical (unpaired) electrons. The SMILES string of the molecule is CC(=O)NC[C@@H]1CC[C@@H](N)CO1. The lowest BCUT2D eigenvalue weighted by Gasteiger charge is -2.26. The lowest BCUT2D eigenvalue weighted by molar-refractivity contribution is -0.119. The first-order valence-electron chi connectivity index (χ1n) is 4.30. The third-order valence-corrected chi connectivity index (χ3v) is 1.98. The number of nitrogens with one attached hydrogen (secondary N) is 1. The number of carbonyl (C=O) groups excluding carboxylic acids is 1. The van der Waals surface area contributed by atoms with Gasteiger partial charge in [-0.1, -0.05) is 0 Å². The average Bonchev–Trinajstić information content (AvgIpc) is 2.03. The highest BCUT2D eigenvalue weighted by Crippen LogP contribution is 2.10. The summed E-state index contributed by atoms with van der Waals surface area (Å²) in [5.41, 5.74) is 5.64. The summed E-state index contributed by atoms with van der Waals surface area (Å²) < 4.78 is 5.40. The maximum Gasteiger partial charge on any atom is 0.216 e. The monoisotopic (exact) mass is 172 g/mol. The molecule has 1 aliphatic heterocycles. The number of carbonyl (C=O) groups is 1. The molecule has 1 aliphatic rings. The van der Waals surface area contributed by atoms with Gasteiger partial charge in [0.25, 0.3) is 0 Å². The first-order chi connectivity index (χ1) is 5.68. The maximum absolute atomic E-state index is 10.6. The van der Waals surface area contributed by atoms with Gasteiger partial charge in [0.1, 0.15) is 0 Å². The van der Waals surface area contributed by atoms with Gasteiger partial charge >= 0.3 is 0 Å². The predicted molar refractivity (Wildman–Crippen MR) is 45.6 cm³/mol. The molecular weight excluding hydrogens is 156 g/mol. The Morgan fingerprint density at radius 2 is 2.42 bits per heavy atom. The Kier molecular flexibility index (Phi) is 3.49. The van der Waals surface area contributed by atoms with Crippen LogP contribution in [0, 0.1) is 0 Å². The highest BCUT2D eigenvalue weighted by Gasteiger charge is 2.18. The van der Waals surface area contributed by atoms with Crippen LogP contribution in [-0.4, -0.2) is 31.2 Å². The Labute approximate surface area is 72.5 Å². The molecule has 12 heavy (non-hydrogen) atoms. The molecule has 0 aliphatic carbocycles. The lowest BCUT2D eigenvalue weighted by Crippen LogP contribution is -2.40. The van der Waals surface area contributed by atoms with Crippen LogP contribution in [-0.2, 0) is 9.53 Å². The normalized spacial score (nSPS) is 29.8. The minimum Gasteiger partial charge on any atom is -0.375 e. The summed E-state index contributed by atoms with van der Waals surface area (Å²) in [5.74, 6) is -0.00604. The zero-order valence-electron chi connectivity index (χ0n) is 7.38. The first-order valence-corrected chi connectivity index (χ1v) is 4.30. The number of ether oxygens (including phenoxy) is 1. The Balaban J connectivity index is 2.13. The molecule has 0 unspecified atom stereocenters. The van der Waals surface area contributed by atoms with Gasteiger partial charge in [-0.25, -0.2) is 0 Å². The Morgan fingerprint density at radius 1 is 1.67 bits per heavy atom. The molecule has 1 saturated heterocycles. The van der Waals surface area contributed by atoms with E-state index in [-0.39, 0.29) is 18.1 Å². The van der Waals surface area contributed by atoms with Crippen LogP contribution in [0.2, 0.25) is 0 Å². The topological polar surface area (TPSA) is 64.4 Å². The molecule has 0 aromatic rings. The van der Waals surface area contributed by atoms with Crippen molar-refractivity contribution in [3.63, 3.8) is 0 Å². The van der Waals surface area contributed by atoms with Crippen LogP contribution in [0.4, 0.5) is 0 Å². The standard InChI is InChI=1S/C8H16N2O2/c1-6(11)10-4-8-3-2-7(9)5-12-8/h7-8H,2-5,9H2,1H3,(H,10,11)/t7-,8+/m1/s1. The molecule has 70 valence electrons. The van der Waals surface area contributed by atoms with Crippen molar-refractivity contribution in [2.24, 2.45) is 5.73 Å². The molecule has 1 fully saturated rings. The van der Waals surface area contributed by atoms with Crippen molar-refractivity contribution in [2.75, 3.05) is 13.2 Å². The number of nitrogens with two attached hydrogens (primary N) is 1. The van der Waals surface area contributed by atoms with E-state index in [9.17, 15) is 4.79 Å². The van der Waals surface area contributed by atoms with Gasteiger partial charge in [0.05, 0.1) is 12.7 Å². The van der Waals surface area contributed by atoms with E-state index in [2.05, 4.69) is 5.32 Å². The predicted octanol–water partition coefficient (Wildman–Crippen LogP) is -0.371. The zero-order chi connectivity index (χ0) is 8.97. The van der Waals surface area contributed by atoms with Crippen LogP contribution < -0.4 is 11.1 Å². The van der Waals surface area contributed by atoms with Crippen molar-refractivity contribution in [2.45, 2.75) is 31.9 Å². The minimum absolute atomic E-state index is 0.00604. The summed E-state index contributed by atoms with van der Waals surface area (Å²) in [4.78, 5) is 10.6. The summed E-state index contributed by atoms with van der Waals surface area (Å²) in [6.45, 7) is 2.74. The molecule has 0 aromatic heterocycles. The largest absolute Gasteiger partial charge is 0.375 e. The fraction of sp³-hybridized carbons (Fsp3) is 0.875. The minimum atomic E-state index is -0.00604. The second-order valence-corrected chi connectivity index (χ2v) is 3.23. The quantitative estimate of drug-likeness (QED) is 0.597. The van der Waals surface area contributed by atoms with E-state index in [1.54, 1.807) is 0 Å². The van der Waals surface area contributed by atoms with Crippen molar-refractivity contribution in [1.29, 1.82) is 0 Å². The van der Waals surface area contributed by atoms with E-state index in [1.165, 1.54) is 6.92 Å². The zero-order valence-corrected chi connectivity index (χ0v) is 7.38. The fourth-order valence-electron chi connectivity index (χ4n) is 1.24. The van der Waals surface area contributed by atoms with E-state index in [0.29, 0.717) is 13.2 Å². The molecule has 0 saturated carbocycles. The van der Waals surface area contributed by atoms with Crippen molar-refractivity contribution in [3.8, 4) is 0 Å². The van der Waals surface area contributed by atoms with Gasteiger partial charge < -0.3 is 15.8 Å². The Morgan fingerprint density at radius 3 is 2.92 bits per heavy atom. The molecule has 1 amide bonds. The summed E-state index contributed by atoms with van der Waals surface area (Å²) in [5, 5.41) is 2.73. The van der Waals surface area contributed by atoms with Gasteiger partial charge in [0, 0.05) is 19.5 Å². The average molecular weight is 172 g/mol. The van der Waals surface area contributed by atoms with Crippen molar-refractivity contribution in [3.05, 3.63) is 0 Å². The molecule has 4 nitrogen and oxygen atoms in total. The van der Waals surface area contributed by atoms with Crippen LogP contribution in [0.5, 0.6) is 0 Å². The van der Waals surface area contributed by atoms with Crippen molar-refractivity contribution >= 4 is 5.91 Å². The van der Waals surface area contributed by atoms with Crippen LogP contribution in [0.15, 0.2) is 0 Å². The van der Waals surface area contributed by atoms with E-state index in [4.69, 9.17) is 10.5 Å². The molecule has 1 rings (SSSR count). The molecular formula is C8H16N2O2. The van der Waals surface area contributed by atoms with E-state index in [1.807, 2.05) is 0 Å². The summed E-state index contributed by atoms with van der Waals surface area (Å²) in [6.07, 6.45) is 2.10. The molecule has 1 heterocycles. The van der Waals surface area contributed by atoms with E-state index in [0.717, 1.165) is 12.8 Å². The summed E-state index contributed by atoms with van der Waals surface area (Å²) in [6, 6.07) is 0.179. The van der Waals surface area contributed by atoms with Gasteiger partial charge in [-0.15, -0.1) is 0 Å². The van der Waals surface area contributed by atoms with Gasteiger partial charge in [0.15, 0.2) is 0 Å². The molecule has 0 aromatic carbocycles. The third kappa shape index (κ3) is 3.19. The number of hydrogen-bond acceptors (Lipinski definition) is 3. The van der Waals surface area contributed by atoms with Gasteiger partial charge in [-0.05, 0) is 12.8 Å². The lowest BCUT2D eigenvalue weighted by atomic mass is 10.1. The third-order valence-electron chi connectivity index (χ3n) is 1.98. The van der Waals surface area contributed by atoms with Crippen molar-refractivity contribution < 1.29 is 9.53 Å². The molecule has 0 bridgehead atoms. The van der Waals surface area contributed by atoms with E-state index >= 15 is 0 Å². The van der Waals surface area contributed by atoms with Gasteiger partial charge in [-0.2, -0.15) is 0 Å².